The van der Waals surface area contributed by atoms with E-state index >= 15 is 0 Å². The Labute approximate surface area is 141 Å². The Kier molecular flexibility index (Phi) is 6.86. The summed E-state index contributed by atoms with van der Waals surface area (Å²) in [6, 6.07) is 0. The second-order valence-electron chi connectivity index (χ2n) is 8.11. The molecule has 1 unspecified atom stereocenters. The first-order chi connectivity index (χ1) is 10.8. The van der Waals surface area contributed by atoms with Crippen LogP contribution in [0.4, 0.5) is 0 Å². The number of ether oxygens (including phenoxy) is 1. The molecule has 1 N–H and O–H groups in total. The molecule has 0 aromatic carbocycles. The molecular formula is C18H34N2O3. The summed E-state index contributed by atoms with van der Waals surface area (Å²) in [4.78, 5) is 16.5. The van der Waals surface area contributed by atoms with Crippen molar-refractivity contribution in [2.75, 3.05) is 39.3 Å². The van der Waals surface area contributed by atoms with Gasteiger partial charge in [0.05, 0.1) is 18.3 Å². The van der Waals surface area contributed by atoms with Gasteiger partial charge in [0.1, 0.15) is 0 Å². The van der Waals surface area contributed by atoms with Crippen molar-refractivity contribution < 1.29 is 14.6 Å². The summed E-state index contributed by atoms with van der Waals surface area (Å²) in [5.41, 5.74) is -0.204. The van der Waals surface area contributed by atoms with Gasteiger partial charge in [-0.2, -0.15) is 0 Å². The van der Waals surface area contributed by atoms with Gasteiger partial charge in [0.25, 0.3) is 0 Å². The Morgan fingerprint density at radius 1 is 1.17 bits per heavy atom. The highest BCUT2D eigenvalue weighted by Crippen LogP contribution is 2.23. The third-order valence-electron chi connectivity index (χ3n) is 4.81. The summed E-state index contributed by atoms with van der Waals surface area (Å²) in [6.07, 6.45) is 4.73. The molecule has 2 aliphatic heterocycles. The molecule has 23 heavy (non-hydrogen) atoms. The Morgan fingerprint density at radius 3 is 2.35 bits per heavy atom. The summed E-state index contributed by atoms with van der Waals surface area (Å²) < 4.78 is 5.64. The van der Waals surface area contributed by atoms with Gasteiger partial charge in [0, 0.05) is 26.1 Å². The molecular weight excluding hydrogens is 292 g/mol. The van der Waals surface area contributed by atoms with E-state index in [0.29, 0.717) is 31.4 Å². The van der Waals surface area contributed by atoms with Crippen LogP contribution in [-0.2, 0) is 9.53 Å². The number of hydrogen-bond acceptors (Lipinski definition) is 4. The first kappa shape index (κ1) is 18.7. The highest BCUT2D eigenvalue weighted by atomic mass is 16.5. The van der Waals surface area contributed by atoms with Gasteiger partial charge in [0.15, 0.2) is 0 Å². The standard InChI is InChI=1S/C18H34N2O3/c1-18(2,3)23-14-16(21)13-19-10-6-15(7-11-19)12-17(22)20-8-4-5-9-20/h15-16,21H,4-14H2,1-3H3. The first-order valence-corrected chi connectivity index (χ1v) is 9.15. The topological polar surface area (TPSA) is 53.0 Å². The Bertz CT molecular complexity index is 367. The second kappa shape index (κ2) is 8.45. The van der Waals surface area contributed by atoms with Crippen LogP contribution >= 0.6 is 0 Å². The largest absolute Gasteiger partial charge is 0.389 e. The third-order valence-corrected chi connectivity index (χ3v) is 4.81. The maximum Gasteiger partial charge on any atom is 0.222 e. The van der Waals surface area contributed by atoms with Crippen LogP contribution in [0.3, 0.4) is 0 Å². The third kappa shape index (κ3) is 6.77. The molecule has 2 aliphatic rings. The van der Waals surface area contributed by atoms with E-state index in [1.165, 1.54) is 12.8 Å². The summed E-state index contributed by atoms with van der Waals surface area (Å²) >= 11 is 0. The number of carbonyl (C=O) groups is 1. The second-order valence-corrected chi connectivity index (χ2v) is 8.11. The summed E-state index contributed by atoms with van der Waals surface area (Å²) in [7, 11) is 0. The van der Waals surface area contributed by atoms with Crippen LogP contribution < -0.4 is 0 Å². The van der Waals surface area contributed by atoms with Gasteiger partial charge in [-0.05, 0) is 65.5 Å². The molecule has 0 aromatic heterocycles. The van der Waals surface area contributed by atoms with Crippen molar-refractivity contribution in [1.29, 1.82) is 0 Å². The van der Waals surface area contributed by atoms with Crippen LogP contribution in [0.5, 0.6) is 0 Å². The van der Waals surface area contributed by atoms with E-state index in [1.54, 1.807) is 0 Å². The van der Waals surface area contributed by atoms with E-state index in [9.17, 15) is 9.90 Å². The van der Waals surface area contributed by atoms with E-state index in [1.807, 2.05) is 25.7 Å². The van der Waals surface area contributed by atoms with Crippen molar-refractivity contribution in [2.24, 2.45) is 5.92 Å². The molecule has 0 aromatic rings. The zero-order valence-electron chi connectivity index (χ0n) is 15.1. The van der Waals surface area contributed by atoms with Crippen molar-refractivity contribution in [3.05, 3.63) is 0 Å². The van der Waals surface area contributed by atoms with Crippen LogP contribution in [0.1, 0.15) is 52.9 Å². The minimum atomic E-state index is -0.433. The highest BCUT2D eigenvalue weighted by Gasteiger charge is 2.26. The maximum absolute atomic E-state index is 12.2. The van der Waals surface area contributed by atoms with E-state index < -0.39 is 6.10 Å². The van der Waals surface area contributed by atoms with Crippen molar-refractivity contribution in [3.8, 4) is 0 Å². The predicted octanol–water partition coefficient (Wildman–Crippen LogP) is 1.89. The molecule has 134 valence electrons. The monoisotopic (exact) mass is 326 g/mol. The van der Waals surface area contributed by atoms with E-state index in [4.69, 9.17) is 4.74 Å². The fraction of sp³-hybridized carbons (Fsp3) is 0.944. The first-order valence-electron chi connectivity index (χ1n) is 9.15. The lowest BCUT2D eigenvalue weighted by Gasteiger charge is -2.34. The average Bonchev–Trinajstić information content (AvgIpc) is 3.01. The van der Waals surface area contributed by atoms with Gasteiger partial charge < -0.3 is 19.6 Å². The van der Waals surface area contributed by atoms with Crippen LogP contribution in [0, 0.1) is 5.92 Å². The minimum Gasteiger partial charge on any atom is -0.389 e. The lowest BCUT2D eigenvalue weighted by atomic mass is 9.93. The van der Waals surface area contributed by atoms with Crippen molar-refractivity contribution >= 4 is 5.91 Å². The molecule has 0 spiro atoms. The number of rotatable bonds is 6. The Morgan fingerprint density at radius 2 is 1.78 bits per heavy atom. The molecule has 0 bridgehead atoms. The average molecular weight is 326 g/mol. The number of amides is 1. The van der Waals surface area contributed by atoms with Crippen molar-refractivity contribution in [2.45, 2.75) is 64.6 Å². The summed E-state index contributed by atoms with van der Waals surface area (Å²) in [5.74, 6) is 0.863. The van der Waals surface area contributed by atoms with E-state index in [0.717, 1.165) is 39.0 Å². The number of likely N-dealkylation sites (tertiary alicyclic amines) is 2. The molecule has 2 saturated heterocycles. The molecule has 2 fully saturated rings. The van der Waals surface area contributed by atoms with Gasteiger partial charge in [-0.25, -0.2) is 0 Å². The van der Waals surface area contributed by atoms with Crippen LogP contribution in [0.15, 0.2) is 0 Å². The summed E-state index contributed by atoms with van der Waals surface area (Å²) in [5, 5.41) is 10.1. The van der Waals surface area contributed by atoms with E-state index in [-0.39, 0.29) is 5.60 Å². The number of nitrogens with zero attached hydrogens (tertiary/aromatic N) is 2. The number of hydrogen-bond donors (Lipinski definition) is 1. The van der Waals surface area contributed by atoms with Crippen molar-refractivity contribution in [3.63, 3.8) is 0 Å². The fourth-order valence-electron chi connectivity index (χ4n) is 3.41. The molecule has 5 nitrogen and oxygen atoms in total. The number of piperidine rings is 1. The lowest BCUT2D eigenvalue weighted by molar-refractivity contribution is -0.131. The molecule has 0 aliphatic carbocycles. The van der Waals surface area contributed by atoms with Crippen molar-refractivity contribution in [1.82, 2.24) is 9.80 Å². The quantitative estimate of drug-likeness (QED) is 0.810. The molecule has 0 saturated carbocycles. The molecule has 2 heterocycles. The number of carbonyl (C=O) groups excluding carboxylic acids is 1. The van der Waals surface area contributed by atoms with Gasteiger partial charge in [-0.1, -0.05) is 0 Å². The van der Waals surface area contributed by atoms with Gasteiger partial charge in [-0.15, -0.1) is 0 Å². The zero-order valence-corrected chi connectivity index (χ0v) is 15.1. The fourth-order valence-corrected chi connectivity index (χ4v) is 3.41. The molecule has 1 amide bonds. The normalized spacial score (nSPS) is 22.5. The Balaban J connectivity index is 1.62. The maximum atomic E-state index is 12.2. The molecule has 2 rings (SSSR count). The SMILES string of the molecule is CC(C)(C)OCC(O)CN1CCC(CC(=O)N2CCCC2)CC1. The Hall–Kier alpha value is -0.650. The van der Waals surface area contributed by atoms with Gasteiger partial charge in [-0.3, -0.25) is 4.79 Å². The molecule has 0 radical (unpaired) electrons. The number of aliphatic hydroxyl groups excluding tert-OH is 1. The number of aliphatic hydroxyl groups is 1. The van der Waals surface area contributed by atoms with Gasteiger partial charge in [0.2, 0.25) is 5.91 Å². The molecule has 1 atom stereocenters. The smallest absolute Gasteiger partial charge is 0.222 e. The van der Waals surface area contributed by atoms with Crippen LogP contribution in [0.25, 0.3) is 0 Å². The lowest BCUT2D eigenvalue weighted by Crippen LogP contribution is -2.42. The van der Waals surface area contributed by atoms with Gasteiger partial charge >= 0.3 is 0 Å². The van der Waals surface area contributed by atoms with Crippen LogP contribution in [0.2, 0.25) is 0 Å². The predicted molar refractivity (Wildman–Crippen MR) is 91.3 cm³/mol. The highest BCUT2D eigenvalue weighted by molar-refractivity contribution is 5.76. The molecule has 5 heteroatoms. The van der Waals surface area contributed by atoms with E-state index in [2.05, 4.69) is 4.90 Å². The number of β-amino-alcohol motifs (C(OH)–C–C–N with tert-alkyl or cyclic N) is 1. The zero-order chi connectivity index (χ0) is 16.9. The minimum absolute atomic E-state index is 0.204. The summed E-state index contributed by atoms with van der Waals surface area (Å²) in [6.45, 7) is 10.9. The van der Waals surface area contributed by atoms with Crippen LogP contribution in [-0.4, -0.2) is 71.8 Å².